The van der Waals surface area contributed by atoms with Crippen molar-refractivity contribution in [2.75, 3.05) is 5.32 Å². The zero-order valence-corrected chi connectivity index (χ0v) is 14.4. The Hall–Kier alpha value is -1.96. The SMILES string of the molecule is CC(C)NS(=O)(=O)c1ccc(NC(=O)C=Cc2cccs2)cc1. The Morgan fingerprint density at radius 2 is 1.87 bits per heavy atom. The molecule has 1 aromatic heterocycles. The Labute approximate surface area is 140 Å². The third-order valence-electron chi connectivity index (χ3n) is 2.77. The fraction of sp³-hybridized carbons (Fsp3) is 0.188. The molecule has 0 aliphatic rings. The van der Waals surface area contributed by atoms with Crippen molar-refractivity contribution in [3.63, 3.8) is 0 Å². The highest BCUT2D eigenvalue weighted by molar-refractivity contribution is 7.89. The molecule has 7 heteroatoms. The molecule has 0 radical (unpaired) electrons. The zero-order valence-electron chi connectivity index (χ0n) is 12.8. The molecule has 0 atom stereocenters. The highest BCUT2D eigenvalue weighted by Gasteiger charge is 2.14. The Bertz CT molecular complexity index is 777. The van der Waals surface area contributed by atoms with Gasteiger partial charge in [0.15, 0.2) is 0 Å². The van der Waals surface area contributed by atoms with Crippen molar-refractivity contribution in [1.82, 2.24) is 4.72 Å². The second-order valence-electron chi connectivity index (χ2n) is 5.14. The van der Waals surface area contributed by atoms with Gasteiger partial charge in [-0.2, -0.15) is 0 Å². The van der Waals surface area contributed by atoms with E-state index in [9.17, 15) is 13.2 Å². The number of carbonyl (C=O) groups is 1. The van der Waals surface area contributed by atoms with Crippen molar-refractivity contribution in [2.45, 2.75) is 24.8 Å². The van der Waals surface area contributed by atoms with E-state index in [2.05, 4.69) is 10.0 Å². The van der Waals surface area contributed by atoms with E-state index in [1.807, 2.05) is 17.5 Å². The summed E-state index contributed by atoms with van der Waals surface area (Å²) in [6.07, 6.45) is 3.17. The molecule has 1 amide bonds. The molecule has 0 fully saturated rings. The molecule has 1 heterocycles. The first-order valence-electron chi connectivity index (χ1n) is 7.02. The van der Waals surface area contributed by atoms with E-state index < -0.39 is 10.0 Å². The Morgan fingerprint density at radius 1 is 1.17 bits per heavy atom. The van der Waals surface area contributed by atoms with Gasteiger partial charge in [-0.1, -0.05) is 6.07 Å². The maximum Gasteiger partial charge on any atom is 0.248 e. The molecule has 0 aliphatic heterocycles. The first-order chi connectivity index (χ1) is 10.9. The molecule has 0 saturated heterocycles. The molecule has 0 unspecified atom stereocenters. The predicted octanol–water partition coefficient (Wildman–Crippen LogP) is 3.09. The van der Waals surface area contributed by atoms with Gasteiger partial charge in [0.2, 0.25) is 15.9 Å². The number of rotatable bonds is 6. The van der Waals surface area contributed by atoms with Crippen LogP contribution in [0.5, 0.6) is 0 Å². The number of benzene rings is 1. The van der Waals surface area contributed by atoms with Gasteiger partial charge in [0.25, 0.3) is 0 Å². The molecular formula is C16H18N2O3S2. The van der Waals surface area contributed by atoms with Gasteiger partial charge in [-0.15, -0.1) is 11.3 Å². The smallest absolute Gasteiger partial charge is 0.248 e. The van der Waals surface area contributed by atoms with Crippen LogP contribution in [0.1, 0.15) is 18.7 Å². The summed E-state index contributed by atoms with van der Waals surface area (Å²) in [5.41, 5.74) is 0.536. The average Bonchev–Trinajstić information content (AvgIpc) is 2.97. The number of anilines is 1. The number of hydrogen-bond donors (Lipinski definition) is 2. The molecule has 0 aliphatic carbocycles. The molecule has 2 rings (SSSR count). The lowest BCUT2D eigenvalue weighted by Crippen LogP contribution is -2.30. The van der Waals surface area contributed by atoms with Gasteiger partial charge in [0.1, 0.15) is 0 Å². The molecule has 5 nitrogen and oxygen atoms in total. The Kier molecular flexibility index (Phi) is 5.70. The summed E-state index contributed by atoms with van der Waals surface area (Å²) < 4.78 is 26.5. The second kappa shape index (κ2) is 7.54. The fourth-order valence-electron chi connectivity index (χ4n) is 1.82. The minimum Gasteiger partial charge on any atom is -0.323 e. The lowest BCUT2D eigenvalue weighted by Gasteiger charge is -2.10. The van der Waals surface area contributed by atoms with E-state index in [1.54, 1.807) is 43.4 Å². The molecular weight excluding hydrogens is 332 g/mol. The van der Waals surface area contributed by atoms with Crippen LogP contribution in [0, 0.1) is 0 Å². The van der Waals surface area contributed by atoms with Gasteiger partial charge in [0, 0.05) is 22.7 Å². The van der Waals surface area contributed by atoms with Crippen molar-refractivity contribution in [3.05, 3.63) is 52.7 Å². The van der Waals surface area contributed by atoms with Gasteiger partial charge in [-0.3, -0.25) is 4.79 Å². The number of carbonyl (C=O) groups excluding carboxylic acids is 1. The molecule has 23 heavy (non-hydrogen) atoms. The summed E-state index contributed by atoms with van der Waals surface area (Å²) in [6.45, 7) is 3.51. The van der Waals surface area contributed by atoms with E-state index >= 15 is 0 Å². The maximum absolute atomic E-state index is 12.0. The second-order valence-corrected chi connectivity index (χ2v) is 7.83. The van der Waals surface area contributed by atoms with Crippen LogP contribution in [0.15, 0.2) is 52.7 Å². The third-order valence-corrected chi connectivity index (χ3v) is 5.28. The van der Waals surface area contributed by atoms with Crippen LogP contribution >= 0.6 is 11.3 Å². The topological polar surface area (TPSA) is 75.3 Å². The molecule has 1 aromatic carbocycles. The minimum atomic E-state index is -3.52. The van der Waals surface area contributed by atoms with E-state index in [1.165, 1.54) is 18.2 Å². The number of amides is 1. The van der Waals surface area contributed by atoms with Crippen molar-refractivity contribution in [3.8, 4) is 0 Å². The minimum absolute atomic E-state index is 0.165. The Morgan fingerprint density at radius 3 is 2.43 bits per heavy atom. The van der Waals surface area contributed by atoms with Gasteiger partial charge >= 0.3 is 0 Å². The fourth-order valence-corrected chi connectivity index (χ4v) is 3.69. The van der Waals surface area contributed by atoms with Crippen LogP contribution in [0.25, 0.3) is 6.08 Å². The lowest BCUT2D eigenvalue weighted by molar-refractivity contribution is -0.111. The number of thiophene rings is 1. The molecule has 0 saturated carbocycles. The van der Waals surface area contributed by atoms with E-state index in [4.69, 9.17) is 0 Å². The number of sulfonamides is 1. The van der Waals surface area contributed by atoms with Crippen molar-refractivity contribution >= 4 is 39.0 Å². The van der Waals surface area contributed by atoms with Crippen LogP contribution in [0.3, 0.4) is 0 Å². The van der Waals surface area contributed by atoms with Crippen LogP contribution in [0.2, 0.25) is 0 Å². The maximum atomic E-state index is 12.0. The quantitative estimate of drug-likeness (QED) is 0.786. The highest BCUT2D eigenvalue weighted by atomic mass is 32.2. The summed E-state index contributed by atoms with van der Waals surface area (Å²) >= 11 is 1.54. The van der Waals surface area contributed by atoms with E-state index in [0.29, 0.717) is 5.69 Å². The van der Waals surface area contributed by atoms with Crippen molar-refractivity contribution in [2.24, 2.45) is 0 Å². The van der Waals surface area contributed by atoms with Crippen LogP contribution in [0.4, 0.5) is 5.69 Å². The lowest BCUT2D eigenvalue weighted by atomic mass is 10.3. The van der Waals surface area contributed by atoms with Gasteiger partial charge in [-0.05, 0) is 55.6 Å². The molecule has 2 N–H and O–H groups in total. The normalized spacial score (nSPS) is 12.0. The van der Waals surface area contributed by atoms with Crippen molar-refractivity contribution in [1.29, 1.82) is 0 Å². The number of nitrogens with one attached hydrogen (secondary N) is 2. The largest absolute Gasteiger partial charge is 0.323 e. The first-order valence-corrected chi connectivity index (χ1v) is 9.38. The summed E-state index contributed by atoms with van der Waals surface area (Å²) in [7, 11) is -3.52. The monoisotopic (exact) mass is 350 g/mol. The summed E-state index contributed by atoms with van der Waals surface area (Å²) in [5.74, 6) is -0.269. The Balaban J connectivity index is 2.01. The third kappa shape index (κ3) is 5.31. The number of hydrogen-bond acceptors (Lipinski definition) is 4. The van der Waals surface area contributed by atoms with Crippen molar-refractivity contribution < 1.29 is 13.2 Å². The molecule has 0 spiro atoms. The molecule has 0 bridgehead atoms. The van der Waals surface area contributed by atoms with E-state index in [0.717, 1.165) is 4.88 Å². The van der Waals surface area contributed by atoms with Crippen LogP contribution in [-0.2, 0) is 14.8 Å². The van der Waals surface area contributed by atoms with Gasteiger partial charge in [-0.25, -0.2) is 13.1 Å². The first kappa shape index (κ1) is 17.4. The van der Waals surface area contributed by atoms with Gasteiger partial charge < -0.3 is 5.32 Å². The molecule has 122 valence electrons. The highest BCUT2D eigenvalue weighted by Crippen LogP contribution is 2.15. The average molecular weight is 350 g/mol. The van der Waals surface area contributed by atoms with Crippen LogP contribution < -0.4 is 10.0 Å². The predicted molar refractivity (Wildman–Crippen MR) is 93.9 cm³/mol. The van der Waals surface area contributed by atoms with Gasteiger partial charge in [0.05, 0.1) is 4.90 Å². The summed E-state index contributed by atoms with van der Waals surface area (Å²) in [4.78, 5) is 13.0. The van der Waals surface area contributed by atoms with E-state index in [-0.39, 0.29) is 16.8 Å². The molecule has 2 aromatic rings. The standard InChI is InChI=1S/C16H18N2O3S2/c1-12(2)18-23(20,21)15-8-5-13(6-9-15)17-16(19)10-7-14-4-3-11-22-14/h3-12,18H,1-2H3,(H,17,19). The van der Waals surface area contributed by atoms with Crippen LogP contribution in [-0.4, -0.2) is 20.4 Å². The summed E-state index contributed by atoms with van der Waals surface area (Å²) in [5, 5.41) is 4.62. The summed E-state index contributed by atoms with van der Waals surface area (Å²) in [6, 6.07) is 9.69. The zero-order chi connectivity index (χ0) is 16.9.